The Bertz CT molecular complexity index is 1460. The number of aromatic nitrogens is 1. The molecule has 0 unspecified atom stereocenters. The summed E-state index contributed by atoms with van der Waals surface area (Å²) in [5.74, 6) is -1.33. The first kappa shape index (κ1) is 22.0. The molecular weight excluding hydrogens is 470 g/mol. The van der Waals surface area contributed by atoms with E-state index in [0.717, 1.165) is 26.7 Å². The number of thiazole rings is 1. The molecule has 0 bridgehead atoms. The Morgan fingerprint density at radius 3 is 2.50 bits per heavy atom. The number of carbonyl (C=O) groups excluding carboxylic acids is 3. The summed E-state index contributed by atoms with van der Waals surface area (Å²) in [4.78, 5) is 44.3. The van der Waals surface area contributed by atoms with Crippen LogP contribution in [0.15, 0.2) is 72.1 Å². The van der Waals surface area contributed by atoms with E-state index < -0.39 is 11.8 Å². The first-order valence-corrected chi connectivity index (χ1v) is 11.8. The van der Waals surface area contributed by atoms with Gasteiger partial charge in [0.1, 0.15) is 5.01 Å². The molecule has 0 radical (unpaired) electrons. The molecule has 2 heterocycles. The highest BCUT2D eigenvalue weighted by Gasteiger charge is 2.38. The van der Waals surface area contributed by atoms with E-state index in [1.807, 2.05) is 36.6 Å². The third kappa shape index (κ3) is 3.89. The molecule has 1 aliphatic rings. The molecule has 34 heavy (non-hydrogen) atoms. The number of hydrogen-bond acceptors (Lipinski definition) is 5. The van der Waals surface area contributed by atoms with Crippen molar-refractivity contribution in [2.75, 3.05) is 4.90 Å². The van der Waals surface area contributed by atoms with Gasteiger partial charge in [-0.25, -0.2) is 9.88 Å². The maximum atomic E-state index is 13.0. The maximum absolute atomic E-state index is 13.0. The van der Waals surface area contributed by atoms with E-state index in [2.05, 4.69) is 10.3 Å². The van der Waals surface area contributed by atoms with Gasteiger partial charge in [0.25, 0.3) is 17.7 Å². The monoisotopic (exact) mass is 487 g/mol. The molecule has 0 aliphatic carbocycles. The van der Waals surface area contributed by atoms with Crippen molar-refractivity contribution in [3.8, 4) is 10.6 Å². The first-order chi connectivity index (χ1) is 16.4. The highest BCUT2D eigenvalue weighted by Crippen LogP contribution is 2.33. The van der Waals surface area contributed by atoms with Gasteiger partial charge in [-0.05, 0) is 42.8 Å². The second-order valence-corrected chi connectivity index (χ2v) is 9.06. The number of benzene rings is 3. The molecule has 1 aliphatic heterocycles. The van der Waals surface area contributed by atoms with Crippen molar-refractivity contribution in [3.05, 3.63) is 105 Å². The Labute approximate surface area is 204 Å². The number of rotatable bonds is 5. The Morgan fingerprint density at radius 2 is 1.71 bits per heavy atom. The van der Waals surface area contributed by atoms with Crippen LogP contribution in [0.2, 0.25) is 5.02 Å². The van der Waals surface area contributed by atoms with Gasteiger partial charge in [0.2, 0.25) is 0 Å². The molecular formula is C26H18ClN3O3S. The molecule has 0 fully saturated rings. The normalized spacial score (nSPS) is 12.7. The van der Waals surface area contributed by atoms with Crippen LogP contribution in [0, 0.1) is 6.92 Å². The van der Waals surface area contributed by atoms with Crippen molar-refractivity contribution >= 4 is 46.3 Å². The van der Waals surface area contributed by atoms with Crippen LogP contribution in [-0.4, -0.2) is 22.7 Å². The Kier molecular flexibility index (Phi) is 5.73. The van der Waals surface area contributed by atoms with Gasteiger partial charge in [-0.3, -0.25) is 14.4 Å². The molecule has 0 saturated heterocycles. The third-order valence-electron chi connectivity index (χ3n) is 5.60. The van der Waals surface area contributed by atoms with Crippen molar-refractivity contribution in [2.24, 2.45) is 0 Å². The molecule has 0 atom stereocenters. The Balaban J connectivity index is 1.32. The summed E-state index contributed by atoms with van der Waals surface area (Å²) in [5.41, 5.74) is 3.96. The van der Waals surface area contributed by atoms with Crippen LogP contribution >= 0.6 is 22.9 Å². The second-order valence-electron chi connectivity index (χ2n) is 7.80. The summed E-state index contributed by atoms with van der Waals surface area (Å²) in [6.07, 6.45) is 0. The number of nitrogens with zero attached hydrogens (tertiary/aromatic N) is 2. The topological polar surface area (TPSA) is 79.4 Å². The number of anilines is 1. The van der Waals surface area contributed by atoms with Crippen LogP contribution in [0.1, 0.15) is 42.3 Å². The molecule has 0 saturated carbocycles. The van der Waals surface area contributed by atoms with Crippen LogP contribution in [0.5, 0.6) is 0 Å². The van der Waals surface area contributed by atoms with Gasteiger partial charge in [0.05, 0.1) is 34.1 Å². The van der Waals surface area contributed by atoms with Gasteiger partial charge >= 0.3 is 0 Å². The average molecular weight is 488 g/mol. The predicted molar refractivity (Wildman–Crippen MR) is 132 cm³/mol. The van der Waals surface area contributed by atoms with Gasteiger partial charge in [0, 0.05) is 16.5 Å². The van der Waals surface area contributed by atoms with E-state index >= 15 is 0 Å². The van der Waals surface area contributed by atoms with Gasteiger partial charge in [-0.1, -0.05) is 48.0 Å². The SMILES string of the molecule is Cc1ccccc1-c1nc(CNC(=O)c2ccc3c(c2)C(=O)N(c2ccccc2Cl)C3=O)cs1. The summed E-state index contributed by atoms with van der Waals surface area (Å²) in [5, 5.41) is 5.94. The summed E-state index contributed by atoms with van der Waals surface area (Å²) < 4.78 is 0. The molecule has 8 heteroatoms. The van der Waals surface area contributed by atoms with Crippen molar-refractivity contribution in [1.82, 2.24) is 10.3 Å². The van der Waals surface area contributed by atoms with E-state index in [9.17, 15) is 14.4 Å². The minimum absolute atomic E-state index is 0.174. The van der Waals surface area contributed by atoms with Crippen molar-refractivity contribution in [1.29, 1.82) is 0 Å². The van der Waals surface area contributed by atoms with Crippen LogP contribution in [-0.2, 0) is 6.54 Å². The molecule has 168 valence electrons. The number of amides is 3. The number of para-hydroxylation sites is 1. The van der Waals surface area contributed by atoms with Gasteiger partial charge in [-0.15, -0.1) is 11.3 Å². The summed E-state index contributed by atoms with van der Waals surface area (Å²) in [6, 6.07) is 19.1. The van der Waals surface area contributed by atoms with Crippen LogP contribution in [0.4, 0.5) is 5.69 Å². The van der Waals surface area contributed by atoms with E-state index in [-0.39, 0.29) is 29.1 Å². The minimum Gasteiger partial charge on any atom is -0.346 e. The number of hydrogen-bond donors (Lipinski definition) is 1. The van der Waals surface area contributed by atoms with Gasteiger partial charge in [-0.2, -0.15) is 0 Å². The molecule has 1 aromatic heterocycles. The van der Waals surface area contributed by atoms with E-state index in [0.29, 0.717) is 10.7 Å². The lowest BCUT2D eigenvalue weighted by Crippen LogP contribution is -2.29. The van der Waals surface area contributed by atoms with Crippen LogP contribution in [0.3, 0.4) is 0 Å². The molecule has 6 nitrogen and oxygen atoms in total. The largest absolute Gasteiger partial charge is 0.346 e. The zero-order valence-corrected chi connectivity index (χ0v) is 19.6. The van der Waals surface area contributed by atoms with E-state index in [1.165, 1.54) is 29.5 Å². The lowest BCUT2D eigenvalue weighted by molar-refractivity contribution is 0.0923. The predicted octanol–water partition coefficient (Wildman–Crippen LogP) is 5.50. The Hall–Kier alpha value is -3.81. The average Bonchev–Trinajstić information content (AvgIpc) is 3.41. The standard InChI is InChI=1S/C26H18ClN3O3S/c1-15-6-2-3-7-18(15)24-29-17(14-34-24)13-28-23(31)16-10-11-19-20(12-16)26(33)30(25(19)32)22-9-5-4-8-21(22)27/h2-12,14H,13H2,1H3,(H,28,31). The lowest BCUT2D eigenvalue weighted by Gasteiger charge is -2.15. The van der Waals surface area contributed by atoms with Crippen LogP contribution in [0.25, 0.3) is 10.6 Å². The summed E-state index contributed by atoms with van der Waals surface area (Å²) in [7, 11) is 0. The third-order valence-corrected chi connectivity index (χ3v) is 6.84. The molecule has 3 aromatic carbocycles. The number of carbonyl (C=O) groups is 3. The second kappa shape index (κ2) is 8.85. The fourth-order valence-electron chi connectivity index (χ4n) is 3.83. The molecule has 5 rings (SSSR count). The quantitative estimate of drug-likeness (QED) is 0.377. The number of aryl methyl sites for hydroxylation is 1. The molecule has 1 N–H and O–H groups in total. The Morgan fingerprint density at radius 1 is 0.971 bits per heavy atom. The fourth-order valence-corrected chi connectivity index (χ4v) is 4.96. The zero-order chi connectivity index (χ0) is 23.8. The van der Waals surface area contributed by atoms with Crippen molar-refractivity contribution in [3.63, 3.8) is 0 Å². The van der Waals surface area contributed by atoms with Crippen molar-refractivity contribution < 1.29 is 14.4 Å². The van der Waals surface area contributed by atoms with Crippen molar-refractivity contribution in [2.45, 2.75) is 13.5 Å². The number of imide groups is 1. The number of nitrogens with one attached hydrogen (secondary N) is 1. The maximum Gasteiger partial charge on any atom is 0.266 e. The summed E-state index contributed by atoms with van der Waals surface area (Å²) in [6.45, 7) is 2.28. The number of halogens is 1. The fraction of sp³-hybridized carbons (Fsp3) is 0.0769. The molecule has 0 spiro atoms. The smallest absolute Gasteiger partial charge is 0.266 e. The molecule has 4 aromatic rings. The zero-order valence-electron chi connectivity index (χ0n) is 18.0. The first-order valence-electron chi connectivity index (χ1n) is 10.5. The number of fused-ring (bicyclic) bond motifs is 1. The minimum atomic E-state index is -0.509. The highest BCUT2D eigenvalue weighted by atomic mass is 35.5. The van der Waals surface area contributed by atoms with E-state index in [1.54, 1.807) is 24.3 Å². The lowest BCUT2D eigenvalue weighted by atomic mass is 10.1. The molecule has 3 amide bonds. The van der Waals surface area contributed by atoms with Crippen LogP contribution < -0.4 is 10.2 Å². The van der Waals surface area contributed by atoms with E-state index in [4.69, 9.17) is 11.6 Å². The summed E-state index contributed by atoms with van der Waals surface area (Å²) >= 11 is 7.71. The van der Waals surface area contributed by atoms with Gasteiger partial charge in [0.15, 0.2) is 0 Å². The highest BCUT2D eigenvalue weighted by molar-refractivity contribution is 7.13. The van der Waals surface area contributed by atoms with Gasteiger partial charge < -0.3 is 5.32 Å².